The third-order valence-corrected chi connectivity index (χ3v) is 6.68. The van der Waals surface area contributed by atoms with Crippen LogP contribution in [0.4, 0.5) is 0 Å². The molecular weight excluding hydrogens is 394 g/mol. The summed E-state index contributed by atoms with van der Waals surface area (Å²) in [7, 11) is -0.651. The topological polar surface area (TPSA) is 69.0 Å². The summed E-state index contributed by atoms with van der Waals surface area (Å²) in [6.45, 7) is 6.63. The number of nitrogens with one attached hydrogen (secondary N) is 2. The minimum Gasteiger partial charge on any atom is -0.354 e. The zero-order valence-electron chi connectivity index (χ0n) is 17.4. The molecular formula is C24H27N3O2S. The van der Waals surface area contributed by atoms with E-state index in [-0.39, 0.29) is 5.56 Å². The number of para-hydroxylation sites is 1. The first-order chi connectivity index (χ1) is 14.7. The van der Waals surface area contributed by atoms with Gasteiger partial charge in [0.1, 0.15) is 0 Å². The number of fused-ring (bicyclic) bond motifs is 2. The van der Waals surface area contributed by atoms with Crippen molar-refractivity contribution in [3.8, 4) is 11.3 Å². The van der Waals surface area contributed by atoms with Crippen LogP contribution in [0.3, 0.4) is 0 Å². The molecule has 0 aliphatic carbocycles. The Morgan fingerprint density at radius 2 is 1.63 bits per heavy atom. The van der Waals surface area contributed by atoms with Crippen LogP contribution < -0.4 is 5.56 Å². The first-order valence-corrected chi connectivity index (χ1v) is 12.0. The van der Waals surface area contributed by atoms with Crippen molar-refractivity contribution in [1.82, 2.24) is 14.9 Å². The summed E-state index contributed by atoms with van der Waals surface area (Å²) in [4.78, 5) is 21.3. The van der Waals surface area contributed by atoms with E-state index in [9.17, 15) is 9.00 Å². The van der Waals surface area contributed by atoms with E-state index >= 15 is 0 Å². The Hall–Kier alpha value is -2.70. The van der Waals surface area contributed by atoms with Crippen molar-refractivity contribution >= 4 is 32.6 Å². The van der Waals surface area contributed by atoms with Gasteiger partial charge in [-0.1, -0.05) is 38.1 Å². The fourth-order valence-corrected chi connectivity index (χ4v) is 4.99. The number of rotatable bonds is 3. The number of aromatic amines is 2. The van der Waals surface area contributed by atoms with Crippen molar-refractivity contribution < 1.29 is 4.21 Å². The number of benzene rings is 2. The van der Waals surface area contributed by atoms with Crippen molar-refractivity contribution in [2.75, 3.05) is 24.6 Å². The maximum Gasteiger partial charge on any atom is 0.257 e. The van der Waals surface area contributed by atoms with Gasteiger partial charge in [0.15, 0.2) is 0 Å². The molecule has 2 aromatic carbocycles. The molecule has 2 aromatic heterocycles. The zero-order valence-corrected chi connectivity index (χ0v) is 18.2. The first kappa shape index (κ1) is 20.6. The highest BCUT2D eigenvalue weighted by molar-refractivity contribution is 7.85. The molecule has 2 N–H and O–H groups in total. The van der Waals surface area contributed by atoms with Gasteiger partial charge in [0.2, 0.25) is 0 Å². The van der Waals surface area contributed by atoms with E-state index in [0.29, 0.717) is 5.56 Å². The largest absolute Gasteiger partial charge is 0.354 e. The van der Waals surface area contributed by atoms with E-state index in [4.69, 9.17) is 0 Å². The normalized spacial score (nSPS) is 15.3. The van der Waals surface area contributed by atoms with Crippen LogP contribution in [0.1, 0.15) is 19.4 Å². The minimum atomic E-state index is -0.651. The van der Waals surface area contributed by atoms with Crippen LogP contribution >= 0.6 is 0 Å². The smallest absolute Gasteiger partial charge is 0.257 e. The fourth-order valence-electron chi connectivity index (χ4n) is 3.87. The summed E-state index contributed by atoms with van der Waals surface area (Å²) in [6.07, 6.45) is 0. The molecule has 5 nitrogen and oxygen atoms in total. The molecule has 156 valence electrons. The van der Waals surface area contributed by atoms with Crippen LogP contribution in [0.2, 0.25) is 0 Å². The van der Waals surface area contributed by atoms with Crippen molar-refractivity contribution in [1.29, 1.82) is 0 Å². The van der Waals surface area contributed by atoms with E-state index in [0.717, 1.165) is 58.6 Å². The Bertz CT molecular complexity index is 1250. The quantitative estimate of drug-likeness (QED) is 0.519. The van der Waals surface area contributed by atoms with E-state index in [1.807, 2.05) is 50.2 Å². The second-order valence-electron chi connectivity index (χ2n) is 7.33. The molecule has 3 heterocycles. The first-order valence-electron chi connectivity index (χ1n) is 10.5. The van der Waals surface area contributed by atoms with E-state index < -0.39 is 10.8 Å². The van der Waals surface area contributed by atoms with Crippen molar-refractivity contribution in [3.63, 3.8) is 0 Å². The van der Waals surface area contributed by atoms with Gasteiger partial charge in [-0.2, -0.15) is 0 Å². The highest BCUT2D eigenvalue weighted by atomic mass is 32.2. The number of pyridine rings is 1. The van der Waals surface area contributed by atoms with Crippen LogP contribution in [-0.4, -0.2) is 43.7 Å². The molecule has 0 unspecified atom stereocenters. The van der Waals surface area contributed by atoms with Crippen LogP contribution in [0.15, 0.2) is 59.4 Å². The molecule has 1 saturated heterocycles. The molecule has 1 aliphatic rings. The molecule has 0 bridgehead atoms. The number of aromatic nitrogens is 2. The van der Waals surface area contributed by atoms with Crippen LogP contribution in [0.25, 0.3) is 33.1 Å². The summed E-state index contributed by atoms with van der Waals surface area (Å²) >= 11 is 0. The van der Waals surface area contributed by atoms with Crippen LogP contribution in [0, 0.1) is 0 Å². The van der Waals surface area contributed by atoms with Crippen molar-refractivity contribution in [2.45, 2.75) is 20.4 Å². The predicted molar refractivity (Wildman–Crippen MR) is 126 cm³/mol. The number of nitrogens with zero attached hydrogens (tertiary/aromatic N) is 1. The Morgan fingerprint density at radius 3 is 2.43 bits per heavy atom. The summed E-state index contributed by atoms with van der Waals surface area (Å²) in [5.74, 6) is 1.53. The standard InChI is InChI=1S/C22H21N3O2S.C2H6/c26-22-18(12-16-3-1-2-4-19(16)24-22)21-13-17-11-15(5-6-20(17)23-21)14-25-7-9-28(27)10-8-25;1-2/h1-6,11-13,23H,7-10,14H2,(H,24,26);1-2H3. The second-order valence-corrected chi connectivity index (χ2v) is 9.02. The van der Waals surface area contributed by atoms with E-state index in [1.165, 1.54) is 5.56 Å². The minimum absolute atomic E-state index is 0.0909. The van der Waals surface area contributed by atoms with Crippen molar-refractivity contribution in [3.05, 3.63) is 70.5 Å². The molecule has 4 aromatic rings. The average Bonchev–Trinajstić information content (AvgIpc) is 3.19. The molecule has 5 rings (SSSR count). The summed E-state index contributed by atoms with van der Waals surface area (Å²) in [5, 5.41) is 2.11. The average molecular weight is 422 g/mol. The van der Waals surface area contributed by atoms with E-state index in [2.05, 4.69) is 33.1 Å². The Balaban J connectivity index is 0.00000106. The van der Waals surface area contributed by atoms with Gasteiger partial charge in [-0.25, -0.2) is 0 Å². The molecule has 0 amide bonds. The summed E-state index contributed by atoms with van der Waals surface area (Å²) in [5.41, 5.74) is 4.48. The molecule has 0 spiro atoms. The molecule has 30 heavy (non-hydrogen) atoms. The van der Waals surface area contributed by atoms with Gasteiger partial charge in [-0.05, 0) is 41.3 Å². The van der Waals surface area contributed by atoms with Gasteiger partial charge in [0.05, 0.1) is 11.3 Å². The number of H-pyrrole nitrogens is 2. The van der Waals surface area contributed by atoms with Gasteiger partial charge in [0, 0.05) is 58.4 Å². The molecule has 0 radical (unpaired) electrons. The molecule has 0 saturated carbocycles. The third kappa shape index (κ3) is 4.25. The number of hydrogen-bond acceptors (Lipinski definition) is 3. The lowest BCUT2D eigenvalue weighted by molar-refractivity contribution is 0.291. The Kier molecular flexibility index (Phi) is 6.16. The van der Waals surface area contributed by atoms with Crippen LogP contribution in [-0.2, 0) is 17.3 Å². The van der Waals surface area contributed by atoms with Crippen LogP contribution in [0.5, 0.6) is 0 Å². The molecule has 6 heteroatoms. The molecule has 1 aliphatic heterocycles. The van der Waals surface area contributed by atoms with Gasteiger partial charge in [0.25, 0.3) is 5.56 Å². The summed E-state index contributed by atoms with van der Waals surface area (Å²) in [6, 6.07) is 18.2. The predicted octanol–water partition coefficient (Wildman–Crippen LogP) is 4.27. The molecule has 0 atom stereocenters. The van der Waals surface area contributed by atoms with Crippen molar-refractivity contribution in [2.24, 2.45) is 0 Å². The number of hydrogen-bond donors (Lipinski definition) is 2. The monoisotopic (exact) mass is 421 g/mol. The van der Waals surface area contributed by atoms with Gasteiger partial charge < -0.3 is 9.97 Å². The van der Waals surface area contributed by atoms with Gasteiger partial charge in [-0.15, -0.1) is 0 Å². The fraction of sp³-hybridized carbons (Fsp3) is 0.292. The highest BCUT2D eigenvalue weighted by Gasteiger charge is 2.15. The maximum atomic E-state index is 12.6. The zero-order chi connectivity index (χ0) is 21.1. The SMILES string of the molecule is CC.O=c1[nH]c2ccccc2cc1-c1cc2cc(CN3CCS(=O)CC3)ccc2[nH]1. The van der Waals surface area contributed by atoms with Gasteiger partial charge in [-0.3, -0.25) is 13.9 Å². The van der Waals surface area contributed by atoms with Gasteiger partial charge >= 0.3 is 0 Å². The summed E-state index contributed by atoms with van der Waals surface area (Å²) < 4.78 is 11.5. The maximum absolute atomic E-state index is 12.6. The Labute approximate surface area is 178 Å². The molecule has 1 fully saturated rings. The lowest BCUT2D eigenvalue weighted by Gasteiger charge is -2.26. The lowest BCUT2D eigenvalue weighted by atomic mass is 10.1. The second kappa shape index (κ2) is 8.98. The lowest BCUT2D eigenvalue weighted by Crippen LogP contribution is -2.37. The van der Waals surface area contributed by atoms with E-state index in [1.54, 1.807) is 0 Å². The highest BCUT2D eigenvalue weighted by Crippen LogP contribution is 2.25. The third-order valence-electron chi connectivity index (χ3n) is 5.41. The Morgan fingerprint density at radius 1 is 0.900 bits per heavy atom.